The van der Waals surface area contributed by atoms with E-state index in [0.717, 1.165) is 12.3 Å². The first kappa shape index (κ1) is 10.5. The molecule has 1 rings (SSSR count). The molecular formula is C7H7F2N3O2. The first-order valence-electron chi connectivity index (χ1n) is 3.67. The van der Waals surface area contributed by atoms with Crippen molar-refractivity contribution in [2.24, 2.45) is 5.73 Å². The minimum absolute atomic E-state index is 0.0186. The van der Waals surface area contributed by atoms with Gasteiger partial charge in [0.2, 0.25) is 0 Å². The van der Waals surface area contributed by atoms with Gasteiger partial charge in [0.1, 0.15) is 11.8 Å². The predicted molar refractivity (Wildman–Crippen MR) is 43.7 cm³/mol. The SMILES string of the molecule is NCc1cnc([N+](=O)[O-])c(C(F)F)c1. The van der Waals surface area contributed by atoms with Crippen LogP contribution in [-0.2, 0) is 6.54 Å². The molecule has 0 saturated carbocycles. The summed E-state index contributed by atoms with van der Waals surface area (Å²) in [6.45, 7) is 0.0186. The molecular weight excluding hydrogens is 196 g/mol. The molecule has 1 heterocycles. The molecule has 1 aromatic rings. The highest BCUT2D eigenvalue weighted by Gasteiger charge is 2.23. The maximum absolute atomic E-state index is 12.3. The van der Waals surface area contributed by atoms with E-state index in [1.54, 1.807) is 0 Å². The third kappa shape index (κ3) is 1.99. The molecule has 76 valence electrons. The molecule has 0 atom stereocenters. The molecule has 1 aromatic heterocycles. The van der Waals surface area contributed by atoms with Crippen LogP contribution < -0.4 is 5.73 Å². The van der Waals surface area contributed by atoms with Crippen LogP contribution in [0.3, 0.4) is 0 Å². The number of aromatic nitrogens is 1. The number of pyridine rings is 1. The van der Waals surface area contributed by atoms with Crippen molar-refractivity contribution in [2.75, 3.05) is 0 Å². The molecule has 14 heavy (non-hydrogen) atoms. The Morgan fingerprint density at radius 1 is 1.64 bits per heavy atom. The lowest BCUT2D eigenvalue weighted by atomic mass is 10.2. The predicted octanol–water partition coefficient (Wildman–Crippen LogP) is 1.39. The van der Waals surface area contributed by atoms with Crippen molar-refractivity contribution in [1.82, 2.24) is 4.98 Å². The van der Waals surface area contributed by atoms with Crippen LogP contribution in [-0.4, -0.2) is 9.91 Å². The summed E-state index contributed by atoms with van der Waals surface area (Å²) in [5.41, 5.74) is 4.83. The fourth-order valence-corrected chi connectivity index (χ4v) is 0.945. The van der Waals surface area contributed by atoms with Gasteiger partial charge in [0.05, 0.1) is 0 Å². The standard InChI is InChI=1S/C7H7F2N3O2/c8-6(9)5-1-4(2-10)3-11-7(5)12(13)14/h1,3,6H,2,10H2. The van der Waals surface area contributed by atoms with Gasteiger partial charge in [0.25, 0.3) is 6.43 Å². The van der Waals surface area contributed by atoms with E-state index >= 15 is 0 Å². The minimum Gasteiger partial charge on any atom is -0.358 e. The molecule has 0 aromatic carbocycles. The molecule has 2 N–H and O–H groups in total. The van der Waals surface area contributed by atoms with E-state index in [9.17, 15) is 18.9 Å². The van der Waals surface area contributed by atoms with Crippen LogP contribution in [0, 0.1) is 10.1 Å². The molecule has 0 aliphatic heterocycles. The summed E-state index contributed by atoms with van der Waals surface area (Å²) in [6, 6.07) is 0.996. The second-order valence-corrected chi connectivity index (χ2v) is 2.52. The Labute approximate surface area is 77.7 Å². The highest BCUT2D eigenvalue weighted by atomic mass is 19.3. The zero-order valence-corrected chi connectivity index (χ0v) is 6.98. The largest absolute Gasteiger partial charge is 0.372 e. The second-order valence-electron chi connectivity index (χ2n) is 2.52. The van der Waals surface area contributed by atoms with E-state index in [4.69, 9.17) is 5.73 Å². The quantitative estimate of drug-likeness (QED) is 0.594. The van der Waals surface area contributed by atoms with E-state index in [2.05, 4.69) is 4.98 Å². The van der Waals surface area contributed by atoms with Crippen LogP contribution in [0.15, 0.2) is 12.3 Å². The summed E-state index contributed by atoms with van der Waals surface area (Å²) in [4.78, 5) is 12.7. The van der Waals surface area contributed by atoms with Gasteiger partial charge in [-0.3, -0.25) is 0 Å². The third-order valence-corrected chi connectivity index (χ3v) is 1.60. The maximum atomic E-state index is 12.3. The molecule has 0 fully saturated rings. The number of nitrogens with zero attached hydrogens (tertiary/aromatic N) is 2. The van der Waals surface area contributed by atoms with Crippen molar-refractivity contribution in [3.8, 4) is 0 Å². The Bertz CT molecular complexity index is 357. The highest BCUT2D eigenvalue weighted by molar-refractivity contribution is 5.36. The number of hydrogen-bond donors (Lipinski definition) is 1. The molecule has 0 spiro atoms. The lowest BCUT2D eigenvalue weighted by Gasteiger charge is -2.02. The molecule has 0 amide bonds. The zero-order chi connectivity index (χ0) is 10.7. The summed E-state index contributed by atoms with van der Waals surface area (Å²) in [7, 11) is 0. The van der Waals surface area contributed by atoms with Crippen molar-refractivity contribution in [2.45, 2.75) is 13.0 Å². The molecule has 5 nitrogen and oxygen atoms in total. The molecule has 0 saturated heterocycles. The number of hydrogen-bond acceptors (Lipinski definition) is 4. The van der Waals surface area contributed by atoms with E-state index in [1.807, 2.05) is 0 Å². The van der Waals surface area contributed by atoms with E-state index in [0.29, 0.717) is 5.56 Å². The average molecular weight is 203 g/mol. The highest BCUT2D eigenvalue weighted by Crippen LogP contribution is 2.27. The molecule has 0 aliphatic carbocycles. The van der Waals surface area contributed by atoms with Gasteiger partial charge in [0, 0.05) is 12.1 Å². The van der Waals surface area contributed by atoms with Crippen LogP contribution in [0.25, 0.3) is 0 Å². The first-order valence-corrected chi connectivity index (χ1v) is 3.67. The van der Waals surface area contributed by atoms with Gasteiger partial charge in [-0.25, -0.2) is 8.78 Å². The lowest BCUT2D eigenvalue weighted by Crippen LogP contribution is -2.03. The average Bonchev–Trinajstić information content (AvgIpc) is 2.16. The van der Waals surface area contributed by atoms with Gasteiger partial charge in [-0.2, -0.15) is 0 Å². The minimum atomic E-state index is -2.92. The summed E-state index contributed by atoms with van der Waals surface area (Å²) in [6.07, 6.45) is -1.81. The normalized spacial score (nSPS) is 10.6. The summed E-state index contributed by atoms with van der Waals surface area (Å²) in [5.74, 6) is -0.822. The Balaban J connectivity index is 3.24. The van der Waals surface area contributed by atoms with Crippen molar-refractivity contribution >= 4 is 5.82 Å². The monoisotopic (exact) mass is 203 g/mol. The van der Waals surface area contributed by atoms with Gasteiger partial charge in [-0.15, -0.1) is 0 Å². The number of halogens is 2. The first-order chi connectivity index (χ1) is 6.56. The van der Waals surface area contributed by atoms with Crippen LogP contribution in [0.5, 0.6) is 0 Å². The van der Waals surface area contributed by atoms with E-state index < -0.39 is 22.7 Å². The summed E-state index contributed by atoms with van der Waals surface area (Å²) >= 11 is 0. The topological polar surface area (TPSA) is 82.0 Å². The lowest BCUT2D eigenvalue weighted by molar-refractivity contribution is -0.391. The van der Waals surface area contributed by atoms with Gasteiger partial charge < -0.3 is 15.8 Å². The smallest absolute Gasteiger partial charge is 0.358 e. The van der Waals surface area contributed by atoms with E-state index in [-0.39, 0.29) is 6.54 Å². The maximum Gasteiger partial charge on any atom is 0.372 e. The zero-order valence-electron chi connectivity index (χ0n) is 6.98. The van der Waals surface area contributed by atoms with Crippen molar-refractivity contribution < 1.29 is 13.7 Å². The Hall–Kier alpha value is -1.63. The van der Waals surface area contributed by atoms with Crippen LogP contribution in [0.1, 0.15) is 17.6 Å². The molecule has 0 bridgehead atoms. The van der Waals surface area contributed by atoms with Crippen LogP contribution in [0.2, 0.25) is 0 Å². The van der Waals surface area contributed by atoms with E-state index in [1.165, 1.54) is 0 Å². The number of alkyl halides is 2. The van der Waals surface area contributed by atoms with Crippen molar-refractivity contribution in [3.05, 3.63) is 33.5 Å². The fraction of sp³-hybridized carbons (Fsp3) is 0.286. The van der Waals surface area contributed by atoms with Crippen molar-refractivity contribution in [1.29, 1.82) is 0 Å². The summed E-state index contributed by atoms with van der Waals surface area (Å²) < 4.78 is 24.6. The molecule has 0 aliphatic rings. The summed E-state index contributed by atoms with van der Waals surface area (Å²) in [5, 5.41) is 10.3. The fourth-order valence-electron chi connectivity index (χ4n) is 0.945. The number of nitrogens with two attached hydrogens (primary N) is 1. The van der Waals surface area contributed by atoms with Crippen LogP contribution in [0.4, 0.5) is 14.6 Å². The third-order valence-electron chi connectivity index (χ3n) is 1.60. The Morgan fingerprint density at radius 2 is 2.29 bits per heavy atom. The molecule has 0 radical (unpaired) electrons. The second kappa shape index (κ2) is 4.05. The van der Waals surface area contributed by atoms with Gasteiger partial charge in [-0.1, -0.05) is 0 Å². The Morgan fingerprint density at radius 3 is 2.71 bits per heavy atom. The number of nitro groups is 1. The molecule has 0 unspecified atom stereocenters. The van der Waals surface area contributed by atoms with Gasteiger partial charge in [-0.05, 0) is 16.0 Å². The van der Waals surface area contributed by atoms with Gasteiger partial charge >= 0.3 is 5.82 Å². The number of rotatable bonds is 3. The Kier molecular flexibility index (Phi) is 3.03. The van der Waals surface area contributed by atoms with Crippen LogP contribution >= 0.6 is 0 Å². The molecule has 7 heteroatoms. The van der Waals surface area contributed by atoms with Gasteiger partial charge in [0.15, 0.2) is 0 Å². The van der Waals surface area contributed by atoms with Crippen molar-refractivity contribution in [3.63, 3.8) is 0 Å².